The van der Waals surface area contributed by atoms with E-state index in [2.05, 4.69) is 16.4 Å². The molecule has 0 fully saturated rings. The van der Waals surface area contributed by atoms with E-state index in [-0.39, 0.29) is 0 Å². The lowest BCUT2D eigenvalue weighted by molar-refractivity contribution is 0.922. The number of aromatic nitrogens is 1. The molecule has 1 N–H and O–H groups in total. The molecule has 0 aliphatic carbocycles. The van der Waals surface area contributed by atoms with Crippen molar-refractivity contribution in [1.29, 1.82) is 0 Å². The van der Waals surface area contributed by atoms with E-state index >= 15 is 0 Å². The molecule has 0 saturated carbocycles. The van der Waals surface area contributed by atoms with Crippen LogP contribution < -0.4 is 5.32 Å². The van der Waals surface area contributed by atoms with Gasteiger partial charge in [0.05, 0.1) is 0 Å². The van der Waals surface area contributed by atoms with Crippen LogP contribution in [0.1, 0.15) is 5.01 Å². The van der Waals surface area contributed by atoms with Crippen LogP contribution in [0.3, 0.4) is 0 Å². The normalized spacial score (nSPS) is 10.9. The predicted molar refractivity (Wildman–Crippen MR) is 45.1 cm³/mol. The molecule has 1 aromatic heterocycles. The second kappa shape index (κ2) is 4.19. The van der Waals surface area contributed by atoms with Crippen molar-refractivity contribution >= 4 is 17.4 Å². The summed E-state index contributed by atoms with van der Waals surface area (Å²) in [5.41, 5.74) is 0. The summed E-state index contributed by atoms with van der Waals surface area (Å²) in [5.74, 6) is 0. The number of thiazole rings is 1. The van der Waals surface area contributed by atoms with Crippen molar-refractivity contribution < 1.29 is 0 Å². The van der Waals surface area contributed by atoms with Crippen molar-refractivity contribution in [2.75, 3.05) is 13.6 Å². The fourth-order valence-electron chi connectivity index (χ4n) is 0.594. The standard InChI is InChI=1S/C7H10N2S/c1-8-4-2-3-7-9-5-6-10-7/h2-3,5-6,8H,4H2,1H3/b3-2+. The van der Waals surface area contributed by atoms with Crippen LogP contribution in [-0.2, 0) is 0 Å². The van der Waals surface area contributed by atoms with Crippen LogP contribution in [0.4, 0.5) is 0 Å². The lowest BCUT2D eigenvalue weighted by atomic mass is 10.5. The molecule has 2 nitrogen and oxygen atoms in total. The van der Waals surface area contributed by atoms with E-state index in [1.807, 2.05) is 24.7 Å². The summed E-state index contributed by atoms with van der Waals surface area (Å²) >= 11 is 1.65. The van der Waals surface area contributed by atoms with E-state index in [9.17, 15) is 0 Å². The summed E-state index contributed by atoms with van der Waals surface area (Å²) < 4.78 is 0. The van der Waals surface area contributed by atoms with Gasteiger partial charge in [0.2, 0.25) is 0 Å². The van der Waals surface area contributed by atoms with Gasteiger partial charge in [0.25, 0.3) is 0 Å². The van der Waals surface area contributed by atoms with Gasteiger partial charge >= 0.3 is 0 Å². The first-order valence-electron chi connectivity index (χ1n) is 3.14. The molecule has 0 radical (unpaired) electrons. The largest absolute Gasteiger partial charge is 0.316 e. The Balaban J connectivity index is 2.40. The van der Waals surface area contributed by atoms with Gasteiger partial charge in [-0.1, -0.05) is 6.08 Å². The molecule has 0 atom stereocenters. The molecular weight excluding hydrogens is 144 g/mol. The van der Waals surface area contributed by atoms with Crippen LogP contribution >= 0.6 is 11.3 Å². The number of hydrogen-bond acceptors (Lipinski definition) is 3. The molecule has 0 aromatic carbocycles. The molecule has 0 aliphatic heterocycles. The molecular formula is C7H10N2S. The van der Waals surface area contributed by atoms with Gasteiger partial charge in [0, 0.05) is 18.1 Å². The lowest BCUT2D eigenvalue weighted by Crippen LogP contribution is -2.03. The van der Waals surface area contributed by atoms with Crippen LogP contribution in [0.5, 0.6) is 0 Å². The summed E-state index contributed by atoms with van der Waals surface area (Å²) in [5, 5.41) is 6.06. The average Bonchev–Trinajstić information content (AvgIpc) is 2.41. The van der Waals surface area contributed by atoms with Crippen LogP contribution in [-0.4, -0.2) is 18.6 Å². The Labute approximate surface area is 64.6 Å². The average molecular weight is 154 g/mol. The number of likely N-dealkylation sites (N-methyl/N-ethyl adjacent to an activating group) is 1. The van der Waals surface area contributed by atoms with Gasteiger partial charge in [-0.25, -0.2) is 4.98 Å². The summed E-state index contributed by atoms with van der Waals surface area (Å²) in [6.45, 7) is 0.902. The SMILES string of the molecule is CNC/C=C/c1nccs1. The molecule has 3 heteroatoms. The minimum absolute atomic E-state index is 0.902. The van der Waals surface area contributed by atoms with Gasteiger partial charge in [0.1, 0.15) is 5.01 Å². The van der Waals surface area contributed by atoms with Crippen molar-refractivity contribution in [3.63, 3.8) is 0 Å². The number of hydrogen-bond donors (Lipinski definition) is 1. The predicted octanol–water partition coefficient (Wildman–Crippen LogP) is 1.38. The first-order chi connectivity index (χ1) is 4.93. The van der Waals surface area contributed by atoms with Crippen molar-refractivity contribution in [1.82, 2.24) is 10.3 Å². The van der Waals surface area contributed by atoms with E-state index in [0.717, 1.165) is 11.6 Å². The van der Waals surface area contributed by atoms with Crippen LogP contribution in [0.25, 0.3) is 6.08 Å². The Hall–Kier alpha value is -0.670. The van der Waals surface area contributed by atoms with E-state index in [1.54, 1.807) is 11.3 Å². The summed E-state index contributed by atoms with van der Waals surface area (Å²) in [7, 11) is 1.92. The Morgan fingerprint density at radius 2 is 2.70 bits per heavy atom. The summed E-state index contributed by atoms with van der Waals surface area (Å²) in [6.07, 6.45) is 5.88. The molecule has 0 saturated heterocycles. The fraction of sp³-hybridized carbons (Fsp3) is 0.286. The van der Waals surface area contributed by atoms with Crippen LogP contribution in [0, 0.1) is 0 Å². The molecule has 0 spiro atoms. The van der Waals surface area contributed by atoms with Crippen molar-refractivity contribution in [3.8, 4) is 0 Å². The quantitative estimate of drug-likeness (QED) is 0.711. The molecule has 0 aliphatic rings. The molecule has 1 aromatic rings. The first-order valence-corrected chi connectivity index (χ1v) is 4.02. The second-order valence-corrected chi connectivity index (χ2v) is 2.76. The highest BCUT2D eigenvalue weighted by atomic mass is 32.1. The molecule has 0 unspecified atom stereocenters. The third-order valence-electron chi connectivity index (χ3n) is 1.03. The van der Waals surface area contributed by atoms with Gasteiger partial charge in [0.15, 0.2) is 0 Å². The Bertz CT molecular complexity index is 191. The molecule has 0 amide bonds. The number of nitrogens with one attached hydrogen (secondary N) is 1. The Kier molecular flexibility index (Phi) is 3.12. The maximum atomic E-state index is 4.09. The van der Waals surface area contributed by atoms with Crippen LogP contribution in [0.2, 0.25) is 0 Å². The van der Waals surface area contributed by atoms with Crippen molar-refractivity contribution in [2.45, 2.75) is 0 Å². The summed E-state index contributed by atoms with van der Waals surface area (Å²) in [6, 6.07) is 0. The van der Waals surface area contributed by atoms with Crippen molar-refractivity contribution in [3.05, 3.63) is 22.7 Å². The smallest absolute Gasteiger partial charge is 0.115 e. The van der Waals surface area contributed by atoms with Gasteiger partial charge < -0.3 is 5.32 Å². The minimum atomic E-state index is 0.902. The van der Waals surface area contributed by atoms with Crippen molar-refractivity contribution in [2.24, 2.45) is 0 Å². The van der Waals surface area contributed by atoms with Gasteiger partial charge in [-0.3, -0.25) is 0 Å². The topological polar surface area (TPSA) is 24.9 Å². The van der Waals surface area contributed by atoms with Gasteiger partial charge in [-0.05, 0) is 13.1 Å². The number of rotatable bonds is 3. The number of nitrogens with zero attached hydrogens (tertiary/aromatic N) is 1. The lowest BCUT2D eigenvalue weighted by Gasteiger charge is -1.85. The van der Waals surface area contributed by atoms with Gasteiger partial charge in [-0.15, -0.1) is 11.3 Å². The zero-order valence-electron chi connectivity index (χ0n) is 5.87. The fourth-order valence-corrected chi connectivity index (χ4v) is 1.15. The molecule has 1 rings (SSSR count). The highest BCUT2D eigenvalue weighted by Gasteiger charge is 1.84. The van der Waals surface area contributed by atoms with E-state index in [0.29, 0.717) is 0 Å². The second-order valence-electron chi connectivity index (χ2n) is 1.83. The molecule has 0 bridgehead atoms. The highest BCUT2D eigenvalue weighted by molar-refractivity contribution is 7.10. The third-order valence-corrected chi connectivity index (χ3v) is 1.77. The summed E-state index contributed by atoms with van der Waals surface area (Å²) in [4.78, 5) is 4.09. The molecule has 54 valence electrons. The maximum absolute atomic E-state index is 4.09. The zero-order valence-corrected chi connectivity index (χ0v) is 6.69. The molecule has 10 heavy (non-hydrogen) atoms. The highest BCUT2D eigenvalue weighted by Crippen LogP contribution is 2.04. The zero-order chi connectivity index (χ0) is 7.23. The Morgan fingerprint density at radius 3 is 3.30 bits per heavy atom. The third kappa shape index (κ3) is 2.29. The van der Waals surface area contributed by atoms with E-state index in [4.69, 9.17) is 0 Å². The minimum Gasteiger partial charge on any atom is -0.316 e. The van der Waals surface area contributed by atoms with E-state index < -0.39 is 0 Å². The Morgan fingerprint density at radius 1 is 1.80 bits per heavy atom. The monoisotopic (exact) mass is 154 g/mol. The van der Waals surface area contributed by atoms with Crippen LogP contribution in [0.15, 0.2) is 17.7 Å². The maximum Gasteiger partial charge on any atom is 0.115 e. The molecule has 1 heterocycles. The first kappa shape index (κ1) is 7.44. The van der Waals surface area contributed by atoms with E-state index in [1.165, 1.54) is 0 Å². The van der Waals surface area contributed by atoms with Gasteiger partial charge in [-0.2, -0.15) is 0 Å².